The van der Waals surface area contributed by atoms with Crippen molar-refractivity contribution in [3.63, 3.8) is 0 Å². The summed E-state index contributed by atoms with van der Waals surface area (Å²) >= 11 is 0. The molecule has 0 radical (unpaired) electrons. The minimum Gasteiger partial charge on any atom is -0.481 e. The van der Waals surface area contributed by atoms with E-state index in [1.165, 1.54) is 5.56 Å². The highest BCUT2D eigenvalue weighted by atomic mass is 16.7. The SMILES string of the molecule is O=C(O)CCCCC(=O)Nc1ccc([C@H]2O[C@@H](CN3CCN(Cc4ccccc4)CC3)C[C@@H](c3ccc(CO)cc3)O2)cc1. The van der Waals surface area contributed by atoms with Crippen molar-refractivity contribution in [2.24, 2.45) is 0 Å². The number of carbonyl (C=O) groups is 2. The van der Waals surface area contributed by atoms with Gasteiger partial charge in [0, 0.05) is 69.8 Å². The predicted octanol–water partition coefficient (Wildman–Crippen LogP) is 5.13. The highest BCUT2D eigenvalue weighted by Gasteiger charge is 2.33. The predicted molar refractivity (Wildman–Crippen MR) is 168 cm³/mol. The topological polar surface area (TPSA) is 112 Å². The van der Waals surface area contributed by atoms with Gasteiger partial charge in [-0.15, -0.1) is 0 Å². The number of aliphatic hydroxyl groups excluding tert-OH is 1. The molecule has 9 nitrogen and oxygen atoms in total. The largest absolute Gasteiger partial charge is 0.481 e. The molecule has 3 aromatic carbocycles. The fourth-order valence-electron chi connectivity index (χ4n) is 5.80. The van der Waals surface area contributed by atoms with Crippen molar-refractivity contribution < 1.29 is 29.3 Å². The first kappa shape index (κ1) is 31.8. The maximum Gasteiger partial charge on any atom is 0.303 e. The summed E-state index contributed by atoms with van der Waals surface area (Å²) in [6.07, 6.45) is 1.35. The first-order chi connectivity index (χ1) is 21.4. The number of ether oxygens (including phenoxy) is 2. The van der Waals surface area contributed by atoms with E-state index in [2.05, 4.69) is 45.4 Å². The zero-order valence-electron chi connectivity index (χ0n) is 25.1. The van der Waals surface area contributed by atoms with E-state index in [9.17, 15) is 14.7 Å². The van der Waals surface area contributed by atoms with Crippen LogP contribution in [0.1, 0.15) is 66.8 Å². The Kier molecular flexibility index (Phi) is 11.5. The number of anilines is 1. The number of hydrogen-bond donors (Lipinski definition) is 3. The van der Waals surface area contributed by atoms with Crippen molar-refractivity contribution in [1.82, 2.24) is 9.80 Å². The summed E-state index contributed by atoms with van der Waals surface area (Å²) in [7, 11) is 0. The average Bonchev–Trinajstić information content (AvgIpc) is 3.05. The van der Waals surface area contributed by atoms with Crippen LogP contribution in [0.3, 0.4) is 0 Å². The Morgan fingerprint density at radius 2 is 1.43 bits per heavy atom. The molecular weight excluding hydrogens is 558 g/mol. The number of amides is 1. The standard InChI is InChI=1S/C35H43N3O6/c39-25-27-10-12-28(13-11-27)32-22-31(24-38-20-18-37(19-21-38)23-26-6-2-1-3-7-26)43-35(44-32)29-14-16-30(17-15-29)36-33(40)8-4-5-9-34(41)42/h1-3,6-7,10-17,31-32,35,39H,4-5,8-9,18-25H2,(H,36,40)(H,41,42)/t31-,32+,35+/m1/s1. The minimum atomic E-state index is -0.846. The van der Waals surface area contributed by atoms with Crippen LogP contribution in [0.25, 0.3) is 0 Å². The molecule has 0 aliphatic carbocycles. The normalized spacial score (nSPS) is 21.2. The zero-order valence-corrected chi connectivity index (χ0v) is 25.1. The number of piperazine rings is 1. The van der Waals surface area contributed by atoms with Crippen LogP contribution >= 0.6 is 0 Å². The second-order valence-corrected chi connectivity index (χ2v) is 11.7. The average molecular weight is 602 g/mol. The van der Waals surface area contributed by atoms with E-state index in [0.717, 1.165) is 62.4 Å². The van der Waals surface area contributed by atoms with Gasteiger partial charge in [0.05, 0.1) is 18.8 Å². The molecule has 3 aromatic rings. The van der Waals surface area contributed by atoms with E-state index in [0.29, 0.717) is 18.5 Å². The molecule has 234 valence electrons. The molecule has 2 aliphatic heterocycles. The van der Waals surface area contributed by atoms with E-state index < -0.39 is 12.3 Å². The number of unbranched alkanes of at least 4 members (excludes halogenated alkanes) is 1. The van der Waals surface area contributed by atoms with Gasteiger partial charge >= 0.3 is 5.97 Å². The van der Waals surface area contributed by atoms with Gasteiger partial charge in [-0.1, -0.05) is 66.7 Å². The first-order valence-corrected chi connectivity index (χ1v) is 15.6. The smallest absolute Gasteiger partial charge is 0.303 e. The number of carboxylic acids is 1. The number of nitrogens with zero attached hydrogens (tertiary/aromatic N) is 2. The van der Waals surface area contributed by atoms with Gasteiger partial charge in [-0.2, -0.15) is 0 Å². The molecule has 0 saturated carbocycles. The van der Waals surface area contributed by atoms with Crippen LogP contribution in [0.15, 0.2) is 78.9 Å². The molecule has 3 N–H and O–H groups in total. The van der Waals surface area contributed by atoms with Crippen LogP contribution in [0, 0.1) is 0 Å². The van der Waals surface area contributed by atoms with E-state index in [1.807, 2.05) is 48.5 Å². The van der Waals surface area contributed by atoms with Gasteiger partial charge < -0.3 is 25.0 Å². The molecule has 9 heteroatoms. The third-order valence-corrected chi connectivity index (χ3v) is 8.30. The lowest BCUT2D eigenvalue weighted by Crippen LogP contribution is -2.49. The van der Waals surface area contributed by atoms with E-state index in [-0.39, 0.29) is 37.6 Å². The molecule has 3 atom stereocenters. The second-order valence-electron chi connectivity index (χ2n) is 11.7. The van der Waals surface area contributed by atoms with Crippen LogP contribution < -0.4 is 5.32 Å². The zero-order chi connectivity index (χ0) is 30.7. The van der Waals surface area contributed by atoms with Crippen LogP contribution in [-0.2, 0) is 32.2 Å². The maximum absolute atomic E-state index is 12.3. The van der Waals surface area contributed by atoms with Gasteiger partial charge in [-0.05, 0) is 41.7 Å². The summed E-state index contributed by atoms with van der Waals surface area (Å²) < 4.78 is 13.0. The Labute approximate surface area is 259 Å². The summed E-state index contributed by atoms with van der Waals surface area (Å²) in [4.78, 5) is 28.0. The van der Waals surface area contributed by atoms with Gasteiger partial charge in [0.25, 0.3) is 0 Å². The molecule has 0 aromatic heterocycles. The molecule has 44 heavy (non-hydrogen) atoms. The van der Waals surface area contributed by atoms with Crippen LogP contribution in [0.4, 0.5) is 5.69 Å². The number of aliphatic hydroxyl groups is 1. The molecule has 2 saturated heterocycles. The highest BCUT2D eigenvalue weighted by molar-refractivity contribution is 5.90. The minimum absolute atomic E-state index is 0.00162. The van der Waals surface area contributed by atoms with Crippen LogP contribution in [-0.4, -0.2) is 70.7 Å². The van der Waals surface area contributed by atoms with Crippen molar-refractivity contribution in [2.75, 3.05) is 38.0 Å². The lowest BCUT2D eigenvalue weighted by Gasteiger charge is -2.40. The summed E-state index contributed by atoms with van der Waals surface area (Å²) in [6, 6.07) is 26.0. The number of benzene rings is 3. The fourth-order valence-corrected chi connectivity index (χ4v) is 5.80. The number of nitrogens with one attached hydrogen (secondary N) is 1. The van der Waals surface area contributed by atoms with E-state index >= 15 is 0 Å². The molecule has 2 heterocycles. The Morgan fingerprint density at radius 1 is 0.773 bits per heavy atom. The van der Waals surface area contributed by atoms with Crippen molar-refractivity contribution in [3.05, 3.63) is 101 Å². The lowest BCUT2D eigenvalue weighted by molar-refractivity contribution is -0.253. The van der Waals surface area contributed by atoms with E-state index in [4.69, 9.17) is 14.6 Å². The Balaban J connectivity index is 1.20. The third-order valence-electron chi connectivity index (χ3n) is 8.30. The van der Waals surface area contributed by atoms with Crippen molar-refractivity contribution >= 4 is 17.6 Å². The number of rotatable bonds is 13. The van der Waals surface area contributed by atoms with Gasteiger partial charge in [-0.3, -0.25) is 19.4 Å². The molecule has 5 rings (SSSR count). The fraction of sp³-hybridized carbons (Fsp3) is 0.429. The monoisotopic (exact) mass is 601 g/mol. The number of carbonyl (C=O) groups excluding carboxylic acids is 1. The van der Waals surface area contributed by atoms with Crippen LogP contribution in [0.2, 0.25) is 0 Å². The third kappa shape index (κ3) is 9.45. The number of hydrogen-bond acceptors (Lipinski definition) is 7. The second kappa shape index (κ2) is 15.9. The Bertz CT molecular complexity index is 1330. The molecule has 0 unspecified atom stereocenters. The Morgan fingerprint density at radius 3 is 2.11 bits per heavy atom. The van der Waals surface area contributed by atoms with Crippen molar-refractivity contribution in [2.45, 2.75) is 63.8 Å². The molecule has 1 amide bonds. The summed E-state index contributed by atoms with van der Waals surface area (Å²) in [6.45, 7) is 5.79. The molecule has 0 bridgehead atoms. The lowest BCUT2D eigenvalue weighted by atomic mass is 9.99. The van der Waals surface area contributed by atoms with Crippen LogP contribution in [0.5, 0.6) is 0 Å². The maximum atomic E-state index is 12.3. The van der Waals surface area contributed by atoms with E-state index in [1.54, 1.807) is 0 Å². The molecular formula is C35H43N3O6. The van der Waals surface area contributed by atoms with Gasteiger partial charge in [0.2, 0.25) is 5.91 Å². The molecule has 2 fully saturated rings. The summed E-state index contributed by atoms with van der Waals surface area (Å²) in [5.74, 6) is -0.982. The van der Waals surface area contributed by atoms with Gasteiger partial charge in [-0.25, -0.2) is 0 Å². The molecule has 0 spiro atoms. The number of aliphatic carboxylic acids is 1. The summed E-state index contributed by atoms with van der Waals surface area (Å²) in [5.41, 5.74) is 4.81. The van der Waals surface area contributed by atoms with Gasteiger partial charge in [0.15, 0.2) is 6.29 Å². The van der Waals surface area contributed by atoms with Crippen molar-refractivity contribution in [3.8, 4) is 0 Å². The molecule has 2 aliphatic rings. The summed E-state index contributed by atoms with van der Waals surface area (Å²) in [5, 5.41) is 21.2. The quantitative estimate of drug-likeness (QED) is 0.232. The van der Waals surface area contributed by atoms with Gasteiger partial charge in [0.1, 0.15) is 0 Å². The van der Waals surface area contributed by atoms with Crippen molar-refractivity contribution in [1.29, 1.82) is 0 Å². The highest BCUT2D eigenvalue weighted by Crippen LogP contribution is 2.38. The Hall–Kier alpha value is -3.60. The number of carboxylic acid groups (broad SMARTS) is 1. The first-order valence-electron chi connectivity index (χ1n) is 15.6.